The van der Waals surface area contributed by atoms with Gasteiger partial charge in [0.1, 0.15) is 9.71 Å². The van der Waals surface area contributed by atoms with Crippen molar-refractivity contribution in [2.45, 2.75) is 13.3 Å². The number of hydrogen-bond acceptors (Lipinski definition) is 4. The quantitative estimate of drug-likeness (QED) is 0.937. The summed E-state index contributed by atoms with van der Waals surface area (Å²) in [6.07, 6.45) is -2.56. The van der Waals surface area contributed by atoms with E-state index in [1.165, 1.54) is 18.4 Å². The predicted octanol–water partition coefficient (Wildman–Crippen LogP) is 1.86. The normalized spacial score (nSPS) is 11.5. The van der Waals surface area contributed by atoms with Crippen molar-refractivity contribution in [1.82, 2.24) is 14.7 Å². The first-order valence-corrected chi connectivity index (χ1v) is 6.39. The molecule has 2 aromatic heterocycles. The molecule has 0 radical (unpaired) electrons. The molecule has 1 amide bonds. The number of fused-ring (bicyclic) bond motifs is 1. The fourth-order valence-corrected chi connectivity index (χ4v) is 3.13. The van der Waals surface area contributed by atoms with Crippen LogP contribution >= 0.6 is 11.3 Å². The van der Waals surface area contributed by atoms with Gasteiger partial charge in [0.05, 0.1) is 23.3 Å². The summed E-state index contributed by atoms with van der Waals surface area (Å²) < 4.78 is 26.2. The molecule has 0 unspecified atom stereocenters. The first-order chi connectivity index (χ1) is 8.82. The number of aromatic nitrogens is 2. The third-order valence-electron chi connectivity index (χ3n) is 2.84. The molecule has 0 saturated heterocycles. The monoisotopic (exact) mass is 288 g/mol. The molecule has 0 atom stereocenters. The first-order valence-electron chi connectivity index (χ1n) is 5.58. The van der Waals surface area contributed by atoms with Crippen LogP contribution in [0.4, 0.5) is 14.5 Å². The highest BCUT2D eigenvalue weighted by Gasteiger charge is 2.24. The number of rotatable bonds is 3. The van der Waals surface area contributed by atoms with Gasteiger partial charge in [-0.15, -0.1) is 11.3 Å². The van der Waals surface area contributed by atoms with E-state index in [0.29, 0.717) is 5.69 Å². The molecule has 0 bridgehead atoms. The number of alkyl halides is 2. The third kappa shape index (κ3) is 2.27. The van der Waals surface area contributed by atoms with Gasteiger partial charge in [0.15, 0.2) is 0 Å². The van der Waals surface area contributed by atoms with Crippen LogP contribution in [0.5, 0.6) is 0 Å². The highest BCUT2D eigenvalue weighted by atomic mass is 32.1. The molecule has 0 aliphatic heterocycles. The van der Waals surface area contributed by atoms with Crippen molar-refractivity contribution in [3.8, 4) is 0 Å². The van der Waals surface area contributed by atoms with Gasteiger partial charge < -0.3 is 10.6 Å². The summed E-state index contributed by atoms with van der Waals surface area (Å²) in [5, 5.41) is 4.93. The maximum absolute atomic E-state index is 12.3. The molecule has 0 saturated carbocycles. The Morgan fingerprint density at radius 3 is 2.74 bits per heavy atom. The summed E-state index contributed by atoms with van der Waals surface area (Å²) in [4.78, 5) is 14.1. The first kappa shape index (κ1) is 13.7. The van der Waals surface area contributed by atoms with E-state index in [1.54, 1.807) is 18.7 Å². The Bertz CT molecular complexity index is 634. The zero-order valence-corrected chi connectivity index (χ0v) is 11.6. The fraction of sp³-hybridized carbons (Fsp3) is 0.455. The van der Waals surface area contributed by atoms with Crippen molar-refractivity contribution in [3.05, 3.63) is 10.6 Å². The molecule has 2 rings (SSSR count). The van der Waals surface area contributed by atoms with Gasteiger partial charge in [-0.2, -0.15) is 5.10 Å². The summed E-state index contributed by atoms with van der Waals surface area (Å²) >= 11 is 1.17. The molecular weight excluding hydrogens is 274 g/mol. The van der Waals surface area contributed by atoms with Crippen LogP contribution in [0, 0.1) is 6.92 Å². The number of thiophene rings is 1. The Morgan fingerprint density at radius 1 is 1.58 bits per heavy atom. The molecule has 0 aromatic carbocycles. The number of anilines is 1. The maximum Gasteiger partial charge on any atom is 0.266 e. The van der Waals surface area contributed by atoms with Crippen LogP contribution in [0.25, 0.3) is 10.2 Å². The Hall–Kier alpha value is -1.70. The fourth-order valence-electron chi connectivity index (χ4n) is 1.95. The van der Waals surface area contributed by atoms with Gasteiger partial charge in [0.2, 0.25) is 0 Å². The number of halogens is 2. The van der Waals surface area contributed by atoms with Gasteiger partial charge in [0, 0.05) is 14.1 Å². The summed E-state index contributed by atoms with van der Waals surface area (Å²) in [5.74, 6) is -0.488. The molecule has 19 heavy (non-hydrogen) atoms. The van der Waals surface area contributed by atoms with Gasteiger partial charge in [0.25, 0.3) is 12.3 Å². The van der Waals surface area contributed by atoms with Crippen LogP contribution in [0.3, 0.4) is 0 Å². The third-order valence-corrected chi connectivity index (χ3v) is 4.10. The van der Waals surface area contributed by atoms with E-state index < -0.39 is 18.9 Å². The van der Waals surface area contributed by atoms with E-state index in [4.69, 9.17) is 5.73 Å². The summed E-state index contributed by atoms with van der Waals surface area (Å²) in [6, 6.07) is 0. The molecule has 0 spiro atoms. The van der Waals surface area contributed by atoms with Crippen LogP contribution < -0.4 is 5.73 Å². The van der Waals surface area contributed by atoms with Gasteiger partial charge in [-0.1, -0.05) is 0 Å². The number of nitrogen functional groups attached to an aromatic ring is 1. The molecule has 5 nitrogen and oxygen atoms in total. The van der Waals surface area contributed by atoms with E-state index in [2.05, 4.69) is 5.10 Å². The van der Waals surface area contributed by atoms with Crippen LogP contribution in [0.1, 0.15) is 15.4 Å². The van der Waals surface area contributed by atoms with E-state index in [-0.39, 0.29) is 4.88 Å². The maximum atomic E-state index is 12.3. The van der Waals surface area contributed by atoms with Crippen LogP contribution in [0.2, 0.25) is 0 Å². The van der Waals surface area contributed by atoms with Gasteiger partial charge in [-0.3, -0.25) is 9.48 Å². The molecule has 0 aliphatic carbocycles. The van der Waals surface area contributed by atoms with Crippen molar-refractivity contribution in [1.29, 1.82) is 0 Å². The lowest BCUT2D eigenvalue weighted by atomic mass is 10.2. The number of aryl methyl sites for hydroxylation is 2. The van der Waals surface area contributed by atoms with Crippen molar-refractivity contribution < 1.29 is 13.6 Å². The minimum absolute atomic E-state index is 0.286. The lowest BCUT2D eigenvalue weighted by Gasteiger charge is -2.15. The Balaban J connectivity index is 2.43. The van der Waals surface area contributed by atoms with E-state index in [9.17, 15) is 13.6 Å². The minimum atomic E-state index is -2.56. The molecule has 0 aliphatic rings. The second kappa shape index (κ2) is 4.76. The topological polar surface area (TPSA) is 64.2 Å². The molecule has 8 heteroatoms. The van der Waals surface area contributed by atoms with Crippen molar-refractivity contribution in [3.63, 3.8) is 0 Å². The average molecular weight is 288 g/mol. The standard InChI is InChI=1S/C11H14F2N4OS/c1-5-7-8(14)9(19-11(7)17(3)15-5)10(18)16(2)4-6(12)13/h6H,4,14H2,1-3H3. The molecule has 104 valence electrons. The second-order valence-electron chi connectivity index (χ2n) is 4.31. The lowest BCUT2D eigenvalue weighted by molar-refractivity contribution is 0.0625. The second-order valence-corrected chi connectivity index (χ2v) is 5.31. The average Bonchev–Trinajstić information content (AvgIpc) is 2.77. The van der Waals surface area contributed by atoms with Crippen molar-refractivity contribution in [2.24, 2.45) is 7.05 Å². The minimum Gasteiger partial charge on any atom is -0.397 e. The summed E-state index contributed by atoms with van der Waals surface area (Å²) in [6.45, 7) is 1.19. The molecule has 0 fully saturated rings. The predicted molar refractivity (Wildman–Crippen MR) is 70.7 cm³/mol. The van der Waals surface area contributed by atoms with E-state index in [1.807, 2.05) is 0 Å². The SMILES string of the molecule is Cc1nn(C)c2sc(C(=O)N(C)CC(F)F)c(N)c12. The van der Waals surface area contributed by atoms with Crippen LogP contribution in [0.15, 0.2) is 0 Å². The lowest BCUT2D eigenvalue weighted by Crippen LogP contribution is -2.31. The highest BCUT2D eigenvalue weighted by molar-refractivity contribution is 7.21. The number of hydrogen-bond donors (Lipinski definition) is 1. The van der Waals surface area contributed by atoms with Crippen molar-refractivity contribution >= 4 is 33.1 Å². The number of nitrogens with two attached hydrogens (primary N) is 1. The van der Waals surface area contributed by atoms with E-state index >= 15 is 0 Å². The van der Waals surface area contributed by atoms with Gasteiger partial charge in [-0.25, -0.2) is 8.78 Å². The number of carbonyl (C=O) groups excluding carboxylic acids is 1. The van der Waals surface area contributed by atoms with Crippen LogP contribution in [-0.2, 0) is 7.05 Å². The Morgan fingerprint density at radius 2 is 2.21 bits per heavy atom. The van der Waals surface area contributed by atoms with Gasteiger partial charge >= 0.3 is 0 Å². The molecule has 2 aromatic rings. The Kier molecular flexibility index (Phi) is 3.44. The van der Waals surface area contributed by atoms with Crippen LogP contribution in [-0.4, -0.2) is 40.6 Å². The number of amides is 1. The van der Waals surface area contributed by atoms with E-state index in [0.717, 1.165) is 20.8 Å². The Labute approximate surface area is 112 Å². The molecule has 2 heterocycles. The molecule has 2 N–H and O–H groups in total. The highest BCUT2D eigenvalue weighted by Crippen LogP contribution is 2.36. The largest absolute Gasteiger partial charge is 0.397 e. The van der Waals surface area contributed by atoms with Gasteiger partial charge in [-0.05, 0) is 6.92 Å². The molecular formula is C11H14F2N4OS. The zero-order chi connectivity index (χ0) is 14.3. The number of carbonyl (C=O) groups is 1. The summed E-state index contributed by atoms with van der Waals surface area (Å²) in [5.41, 5.74) is 6.99. The smallest absolute Gasteiger partial charge is 0.266 e. The zero-order valence-electron chi connectivity index (χ0n) is 10.8. The van der Waals surface area contributed by atoms with Crippen molar-refractivity contribution in [2.75, 3.05) is 19.3 Å². The summed E-state index contributed by atoms with van der Waals surface area (Å²) in [7, 11) is 3.09. The number of nitrogens with zero attached hydrogens (tertiary/aromatic N) is 3.